The number of methoxy groups -OCH3 is 1. The topological polar surface area (TPSA) is 45.7 Å². The van der Waals surface area contributed by atoms with Gasteiger partial charge in [0.15, 0.2) is 5.96 Å². The normalized spacial score (nSPS) is 12.3. The highest BCUT2D eigenvalue weighted by molar-refractivity contribution is 14.0. The average Bonchev–Trinajstić information content (AvgIpc) is 2.54. The maximum atomic E-state index is 5.49. The van der Waals surface area contributed by atoms with Gasteiger partial charge in [-0.2, -0.15) is 11.8 Å². The second kappa shape index (κ2) is 13.6. The number of ether oxygens (including phenoxy) is 1. The minimum atomic E-state index is 0. The predicted molar refractivity (Wildman–Crippen MR) is 118 cm³/mol. The Bertz CT molecular complexity index is 497. The van der Waals surface area contributed by atoms with E-state index in [-0.39, 0.29) is 30.0 Å². The van der Waals surface area contributed by atoms with E-state index in [1.54, 1.807) is 7.11 Å². The molecular weight excluding hydrogens is 433 g/mol. The SMILES string of the molecule is CCNC(=NCCCCSC)NC(C)c1cc(C)ccc1OC.I. The Hall–Kier alpha value is -0.630. The summed E-state index contributed by atoms with van der Waals surface area (Å²) in [6, 6.07) is 6.39. The number of hydrogen-bond donors (Lipinski definition) is 2. The molecule has 0 bridgehead atoms. The molecule has 2 N–H and O–H groups in total. The van der Waals surface area contributed by atoms with Crippen molar-refractivity contribution in [3.05, 3.63) is 29.3 Å². The van der Waals surface area contributed by atoms with E-state index in [0.717, 1.165) is 36.8 Å². The van der Waals surface area contributed by atoms with Crippen LogP contribution in [-0.2, 0) is 0 Å². The first-order valence-corrected chi connectivity index (χ1v) is 9.70. The summed E-state index contributed by atoms with van der Waals surface area (Å²) in [5, 5.41) is 6.80. The van der Waals surface area contributed by atoms with E-state index in [2.05, 4.69) is 54.8 Å². The fourth-order valence-electron chi connectivity index (χ4n) is 2.34. The third-order valence-electron chi connectivity index (χ3n) is 3.58. The zero-order chi connectivity index (χ0) is 17.1. The van der Waals surface area contributed by atoms with E-state index < -0.39 is 0 Å². The molecule has 0 radical (unpaired) electrons. The van der Waals surface area contributed by atoms with Crippen LogP contribution in [0.2, 0.25) is 0 Å². The summed E-state index contributed by atoms with van der Waals surface area (Å²) in [6.45, 7) is 8.03. The van der Waals surface area contributed by atoms with Crippen molar-refractivity contribution < 1.29 is 4.74 Å². The van der Waals surface area contributed by atoms with Crippen molar-refractivity contribution in [2.24, 2.45) is 4.99 Å². The Balaban J connectivity index is 0.00000529. The summed E-state index contributed by atoms with van der Waals surface area (Å²) in [7, 11) is 1.71. The predicted octanol–water partition coefficient (Wildman–Crippen LogP) is 4.38. The minimum absolute atomic E-state index is 0. The van der Waals surface area contributed by atoms with Crippen molar-refractivity contribution in [1.82, 2.24) is 10.6 Å². The lowest BCUT2D eigenvalue weighted by molar-refractivity contribution is 0.405. The number of aryl methyl sites for hydroxylation is 1. The zero-order valence-electron chi connectivity index (χ0n) is 15.5. The zero-order valence-corrected chi connectivity index (χ0v) is 18.7. The number of benzene rings is 1. The molecule has 4 nitrogen and oxygen atoms in total. The van der Waals surface area contributed by atoms with Crippen LogP contribution in [0.3, 0.4) is 0 Å². The lowest BCUT2D eigenvalue weighted by Gasteiger charge is -2.20. The first-order chi connectivity index (χ1) is 11.1. The van der Waals surface area contributed by atoms with E-state index in [9.17, 15) is 0 Å². The molecule has 1 aromatic carbocycles. The highest BCUT2D eigenvalue weighted by Gasteiger charge is 2.13. The molecule has 0 amide bonds. The van der Waals surface area contributed by atoms with Crippen LogP contribution in [0.25, 0.3) is 0 Å². The quantitative estimate of drug-likeness (QED) is 0.246. The Morgan fingerprint density at radius 1 is 1.33 bits per heavy atom. The molecule has 24 heavy (non-hydrogen) atoms. The van der Waals surface area contributed by atoms with Crippen molar-refractivity contribution in [3.63, 3.8) is 0 Å². The molecule has 0 aliphatic rings. The van der Waals surface area contributed by atoms with Crippen LogP contribution in [-0.4, -0.2) is 38.2 Å². The third kappa shape index (κ3) is 8.46. The van der Waals surface area contributed by atoms with Crippen molar-refractivity contribution in [2.75, 3.05) is 32.2 Å². The molecular formula is C18H32IN3OS. The summed E-state index contributed by atoms with van der Waals surface area (Å²) in [5.74, 6) is 2.98. The summed E-state index contributed by atoms with van der Waals surface area (Å²) in [5.41, 5.74) is 2.38. The molecule has 0 fully saturated rings. The van der Waals surface area contributed by atoms with Crippen LogP contribution in [0, 0.1) is 6.92 Å². The van der Waals surface area contributed by atoms with Gasteiger partial charge in [-0.05, 0) is 51.7 Å². The third-order valence-corrected chi connectivity index (χ3v) is 4.27. The lowest BCUT2D eigenvalue weighted by atomic mass is 10.0. The number of hydrogen-bond acceptors (Lipinski definition) is 3. The standard InChI is InChI=1S/C18H31N3OS.HI/c1-6-19-18(20-11-7-8-12-23-5)21-15(3)16-13-14(2)9-10-17(16)22-4;/h9-10,13,15H,6-8,11-12H2,1-5H3,(H2,19,20,21);1H. The van der Waals surface area contributed by atoms with Crippen LogP contribution in [0.5, 0.6) is 5.75 Å². The summed E-state index contributed by atoms with van der Waals surface area (Å²) in [4.78, 5) is 4.67. The van der Waals surface area contributed by atoms with Crippen LogP contribution in [0.4, 0.5) is 0 Å². The summed E-state index contributed by atoms with van der Waals surface area (Å²) in [6.07, 6.45) is 4.48. The van der Waals surface area contributed by atoms with Crippen molar-refractivity contribution in [2.45, 2.75) is 39.7 Å². The van der Waals surface area contributed by atoms with E-state index in [4.69, 9.17) is 4.74 Å². The van der Waals surface area contributed by atoms with E-state index in [1.165, 1.54) is 17.7 Å². The fraction of sp³-hybridized carbons (Fsp3) is 0.611. The van der Waals surface area contributed by atoms with Gasteiger partial charge in [0.25, 0.3) is 0 Å². The van der Waals surface area contributed by atoms with E-state index >= 15 is 0 Å². The highest BCUT2D eigenvalue weighted by atomic mass is 127. The number of halogens is 1. The molecule has 138 valence electrons. The first-order valence-electron chi connectivity index (χ1n) is 8.30. The van der Waals surface area contributed by atoms with Gasteiger partial charge in [0.2, 0.25) is 0 Å². The first kappa shape index (κ1) is 23.4. The van der Waals surface area contributed by atoms with Gasteiger partial charge in [-0.25, -0.2) is 0 Å². The molecule has 6 heteroatoms. The van der Waals surface area contributed by atoms with Gasteiger partial charge in [0, 0.05) is 18.7 Å². The molecule has 0 aromatic heterocycles. The Morgan fingerprint density at radius 3 is 2.71 bits per heavy atom. The maximum absolute atomic E-state index is 5.49. The molecule has 0 heterocycles. The minimum Gasteiger partial charge on any atom is -0.496 e. The van der Waals surface area contributed by atoms with E-state index in [0.29, 0.717) is 0 Å². The van der Waals surface area contributed by atoms with Gasteiger partial charge >= 0.3 is 0 Å². The van der Waals surface area contributed by atoms with Crippen LogP contribution >= 0.6 is 35.7 Å². The van der Waals surface area contributed by atoms with Gasteiger partial charge in [-0.1, -0.05) is 17.7 Å². The van der Waals surface area contributed by atoms with Crippen LogP contribution < -0.4 is 15.4 Å². The number of thioether (sulfide) groups is 1. The highest BCUT2D eigenvalue weighted by Crippen LogP contribution is 2.25. The van der Waals surface area contributed by atoms with Crippen molar-refractivity contribution in [3.8, 4) is 5.75 Å². The molecule has 0 spiro atoms. The number of nitrogens with one attached hydrogen (secondary N) is 2. The lowest BCUT2D eigenvalue weighted by Crippen LogP contribution is -2.39. The summed E-state index contributed by atoms with van der Waals surface area (Å²) < 4.78 is 5.49. The summed E-state index contributed by atoms with van der Waals surface area (Å²) >= 11 is 1.89. The number of aliphatic imine (C=N–C) groups is 1. The maximum Gasteiger partial charge on any atom is 0.191 e. The Kier molecular flexibility index (Phi) is 13.3. The molecule has 1 rings (SSSR count). The van der Waals surface area contributed by atoms with Gasteiger partial charge in [-0.3, -0.25) is 4.99 Å². The molecule has 0 aliphatic carbocycles. The van der Waals surface area contributed by atoms with Gasteiger partial charge < -0.3 is 15.4 Å². The molecule has 0 aliphatic heterocycles. The second-order valence-corrected chi connectivity index (χ2v) is 6.56. The number of unbranched alkanes of at least 4 members (excludes halogenated alkanes) is 1. The van der Waals surface area contributed by atoms with Gasteiger partial charge in [0.1, 0.15) is 5.75 Å². The smallest absolute Gasteiger partial charge is 0.191 e. The largest absolute Gasteiger partial charge is 0.496 e. The number of rotatable bonds is 9. The number of guanidine groups is 1. The van der Waals surface area contributed by atoms with Crippen LogP contribution in [0.15, 0.2) is 23.2 Å². The average molecular weight is 465 g/mol. The second-order valence-electron chi connectivity index (χ2n) is 5.57. The Morgan fingerprint density at radius 2 is 2.08 bits per heavy atom. The monoisotopic (exact) mass is 465 g/mol. The molecule has 1 aromatic rings. The van der Waals surface area contributed by atoms with Gasteiger partial charge in [0.05, 0.1) is 13.2 Å². The van der Waals surface area contributed by atoms with Crippen molar-refractivity contribution >= 4 is 41.7 Å². The molecule has 1 atom stereocenters. The van der Waals surface area contributed by atoms with Gasteiger partial charge in [-0.15, -0.1) is 24.0 Å². The van der Waals surface area contributed by atoms with Crippen LogP contribution in [0.1, 0.15) is 43.9 Å². The van der Waals surface area contributed by atoms with Crippen molar-refractivity contribution in [1.29, 1.82) is 0 Å². The number of nitrogens with zero attached hydrogens (tertiary/aromatic N) is 1. The molecule has 0 saturated carbocycles. The Labute approximate surface area is 168 Å². The molecule has 1 unspecified atom stereocenters. The molecule has 0 saturated heterocycles. The van der Waals surface area contributed by atoms with E-state index in [1.807, 2.05) is 17.8 Å². The fourth-order valence-corrected chi connectivity index (χ4v) is 2.84.